The first-order valence-electron chi connectivity index (χ1n) is 11.4. The van der Waals surface area contributed by atoms with E-state index in [1.54, 1.807) is 7.05 Å². The Bertz CT molecular complexity index is 1060. The van der Waals surface area contributed by atoms with Gasteiger partial charge in [0.1, 0.15) is 0 Å². The predicted molar refractivity (Wildman–Crippen MR) is 128 cm³/mol. The Labute approximate surface area is 199 Å². The summed E-state index contributed by atoms with van der Waals surface area (Å²) in [7, 11) is 1.68. The molecule has 3 amide bonds. The predicted octanol–water partition coefficient (Wildman–Crippen LogP) is 1.89. The fraction of sp³-hybridized carbons (Fsp3) is 0.522. The molecule has 0 aromatic heterocycles. The van der Waals surface area contributed by atoms with Gasteiger partial charge in [-0.05, 0) is 38.5 Å². The van der Waals surface area contributed by atoms with Crippen molar-refractivity contribution >= 4 is 35.2 Å². The number of likely N-dealkylation sites (N-methyl/N-ethyl adjacent to an activating group) is 1. The second-order valence-corrected chi connectivity index (χ2v) is 9.58. The van der Waals surface area contributed by atoms with Crippen LogP contribution >= 0.6 is 11.6 Å². The van der Waals surface area contributed by atoms with Gasteiger partial charge in [-0.15, -0.1) is 0 Å². The van der Waals surface area contributed by atoms with Crippen LogP contribution in [0, 0.1) is 6.92 Å². The third-order valence-electron chi connectivity index (χ3n) is 7.29. The van der Waals surface area contributed by atoms with Crippen molar-refractivity contribution in [1.82, 2.24) is 24.9 Å². The number of aliphatic imine (C=N–C) groups is 1. The van der Waals surface area contributed by atoms with Crippen molar-refractivity contribution in [3.8, 4) is 0 Å². The molecular formula is C23H30ClN7O2. The first kappa shape index (κ1) is 22.0. The van der Waals surface area contributed by atoms with Crippen LogP contribution in [0.15, 0.2) is 34.6 Å². The number of fused-ring (bicyclic) bond motifs is 3. The first-order valence-corrected chi connectivity index (χ1v) is 11.8. The van der Waals surface area contributed by atoms with E-state index in [2.05, 4.69) is 46.0 Å². The summed E-state index contributed by atoms with van der Waals surface area (Å²) in [6.07, 6.45) is -0.490. The molecule has 176 valence electrons. The number of imide groups is 1. The second-order valence-electron chi connectivity index (χ2n) is 9.14. The molecule has 1 aromatic carbocycles. The van der Waals surface area contributed by atoms with E-state index in [-0.39, 0.29) is 5.91 Å². The highest BCUT2D eigenvalue weighted by molar-refractivity contribution is 6.30. The number of amides is 3. The number of nitrogens with one attached hydrogen (secondary N) is 1. The molecule has 9 nitrogen and oxygen atoms in total. The molecule has 4 aliphatic rings. The Balaban J connectivity index is 1.24. The minimum Gasteiger partial charge on any atom is -0.369 e. The maximum Gasteiger partial charge on any atom is 0.325 e. The van der Waals surface area contributed by atoms with Crippen molar-refractivity contribution < 1.29 is 9.59 Å². The van der Waals surface area contributed by atoms with Gasteiger partial charge in [0, 0.05) is 68.4 Å². The minimum absolute atomic E-state index is 0.289. The lowest BCUT2D eigenvalue weighted by atomic mass is 10.1. The molecule has 0 aliphatic carbocycles. The quantitative estimate of drug-likeness (QED) is 0.722. The Kier molecular flexibility index (Phi) is 5.49. The molecule has 4 heterocycles. The number of hydrogen-bond donors (Lipinski definition) is 1. The van der Waals surface area contributed by atoms with Crippen LogP contribution in [0.3, 0.4) is 0 Å². The summed E-state index contributed by atoms with van der Waals surface area (Å²) >= 11 is 6.22. The standard InChI is InChI=1S/C23H30ClN7O2/c1-14-5-6-17(24)13-18(14)29-10-7-28(8-11-29)9-12-30-15(2)16(3)31-19-20(25-22(30)31)27(4)23(33)26-21(19)32/h5-6,13,19-20H,7-12H2,1-4H3,(H,26,32,33). The molecule has 4 aliphatic heterocycles. The number of piperazine rings is 1. The number of carbonyl (C=O) groups excluding carboxylic acids is 2. The zero-order valence-electron chi connectivity index (χ0n) is 19.5. The summed E-state index contributed by atoms with van der Waals surface area (Å²) in [6.45, 7) is 11.8. The molecule has 2 atom stereocenters. The van der Waals surface area contributed by atoms with Crippen molar-refractivity contribution in [2.24, 2.45) is 4.99 Å². The number of halogens is 1. The number of rotatable bonds is 4. The number of carbonyl (C=O) groups is 2. The fourth-order valence-electron chi connectivity index (χ4n) is 5.17. The molecule has 1 aromatic rings. The molecule has 0 saturated carbocycles. The molecule has 1 N–H and O–H groups in total. The lowest BCUT2D eigenvalue weighted by molar-refractivity contribution is -0.126. The number of hydrogen-bond acceptors (Lipinski definition) is 7. The van der Waals surface area contributed by atoms with Gasteiger partial charge in [0.25, 0.3) is 5.91 Å². The van der Waals surface area contributed by atoms with Crippen molar-refractivity contribution in [3.05, 3.63) is 40.2 Å². The van der Waals surface area contributed by atoms with Gasteiger partial charge in [-0.2, -0.15) is 0 Å². The topological polar surface area (TPSA) is 74.7 Å². The van der Waals surface area contributed by atoms with E-state index >= 15 is 0 Å². The number of benzene rings is 1. The van der Waals surface area contributed by atoms with Crippen molar-refractivity contribution in [2.45, 2.75) is 33.0 Å². The maximum atomic E-state index is 12.6. The van der Waals surface area contributed by atoms with Crippen LogP contribution in [0.2, 0.25) is 5.02 Å². The lowest BCUT2D eigenvalue weighted by Crippen LogP contribution is -2.63. The number of nitrogens with zero attached hydrogens (tertiary/aromatic N) is 6. The highest BCUT2D eigenvalue weighted by Gasteiger charge is 2.53. The van der Waals surface area contributed by atoms with E-state index in [4.69, 9.17) is 16.6 Å². The van der Waals surface area contributed by atoms with Crippen LogP contribution in [0.4, 0.5) is 10.5 Å². The van der Waals surface area contributed by atoms with E-state index in [9.17, 15) is 9.59 Å². The smallest absolute Gasteiger partial charge is 0.325 e. The third-order valence-corrected chi connectivity index (χ3v) is 7.53. The number of aryl methyl sites for hydroxylation is 1. The van der Waals surface area contributed by atoms with E-state index in [1.165, 1.54) is 16.2 Å². The van der Waals surface area contributed by atoms with Crippen molar-refractivity contribution in [2.75, 3.05) is 51.2 Å². The zero-order chi connectivity index (χ0) is 23.4. The van der Waals surface area contributed by atoms with Crippen LogP contribution in [-0.2, 0) is 4.79 Å². The molecule has 2 fully saturated rings. The normalized spacial score (nSPS) is 25.5. The molecule has 2 saturated heterocycles. The summed E-state index contributed by atoms with van der Waals surface area (Å²) in [6, 6.07) is 5.16. The summed E-state index contributed by atoms with van der Waals surface area (Å²) < 4.78 is 0. The molecule has 0 radical (unpaired) electrons. The monoisotopic (exact) mass is 471 g/mol. The van der Waals surface area contributed by atoms with Crippen molar-refractivity contribution in [1.29, 1.82) is 0 Å². The zero-order valence-corrected chi connectivity index (χ0v) is 20.3. The summed E-state index contributed by atoms with van der Waals surface area (Å²) in [5.74, 6) is 0.480. The van der Waals surface area contributed by atoms with Crippen LogP contribution in [0.1, 0.15) is 19.4 Å². The van der Waals surface area contributed by atoms with Gasteiger partial charge in [-0.25, -0.2) is 9.79 Å². The van der Waals surface area contributed by atoms with Gasteiger partial charge in [-0.1, -0.05) is 17.7 Å². The summed E-state index contributed by atoms with van der Waals surface area (Å²) in [5, 5.41) is 3.21. The van der Waals surface area contributed by atoms with Crippen LogP contribution in [0.5, 0.6) is 0 Å². The number of guanidine groups is 1. The van der Waals surface area contributed by atoms with Gasteiger partial charge in [0.15, 0.2) is 12.2 Å². The van der Waals surface area contributed by atoms with Crippen molar-refractivity contribution in [3.63, 3.8) is 0 Å². The van der Waals surface area contributed by atoms with Gasteiger partial charge in [0.05, 0.1) is 0 Å². The molecule has 2 unspecified atom stereocenters. The average Bonchev–Trinajstić information content (AvgIpc) is 3.29. The molecular weight excluding hydrogens is 442 g/mol. The third kappa shape index (κ3) is 3.63. The molecule has 0 spiro atoms. The average molecular weight is 472 g/mol. The highest BCUT2D eigenvalue weighted by Crippen LogP contribution is 2.36. The molecule has 5 rings (SSSR count). The van der Waals surface area contributed by atoms with E-state index in [1.807, 2.05) is 17.9 Å². The van der Waals surface area contributed by atoms with Gasteiger partial charge in [-0.3, -0.25) is 19.9 Å². The minimum atomic E-state index is -0.507. The summed E-state index contributed by atoms with van der Waals surface area (Å²) in [4.78, 5) is 40.0. The van der Waals surface area contributed by atoms with E-state index in [0.29, 0.717) is 0 Å². The SMILES string of the molecule is CC1=C(C)N2C(=NC3C2C(=O)NC(=O)N3C)N1CCN1CCN(c2cc(Cl)ccc2C)CC1. The molecule has 0 bridgehead atoms. The Morgan fingerprint density at radius 1 is 1.06 bits per heavy atom. The van der Waals surface area contributed by atoms with E-state index < -0.39 is 18.2 Å². The van der Waals surface area contributed by atoms with E-state index in [0.717, 1.165) is 61.6 Å². The maximum absolute atomic E-state index is 12.6. The summed E-state index contributed by atoms with van der Waals surface area (Å²) in [5.41, 5.74) is 4.58. The molecule has 10 heteroatoms. The Morgan fingerprint density at radius 2 is 1.79 bits per heavy atom. The van der Waals surface area contributed by atoms with Crippen LogP contribution < -0.4 is 10.2 Å². The van der Waals surface area contributed by atoms with Gasteiger partial charge >= 0.3 is 6.03 Å². The van der Waals surface area contributed by atoms with Gasteiger partial charge < -0.3 is 14.7 Å². The molecule has 33 heavy (non-hydrogen) atoms. The fourth-order valence-corrected chi connectivity index (χ4v) is 5.34. The largest absolute Gasteiger partial charge is 0.369 e. The van der Waals surface area contributed by atoms with Crippen LogP contribution in [0.25, 0.3) is 0 Å². The number of urea groups is 1. The Hall–Kier alpha value is -2.78. The Morgan fingerprint density at radius 3 is 2.52 bits per heavy atom. The number of anilines is 1. The number of allylic oxidation sites excluding steroid dienone is 2. The highest BCUT2D eigenvalue weighted by atomic mass is 35.5. The van der Waals surface area contributed by atoms with Gasteiger partial charge in [0.2, 0.25) is 5.96 Å². The lowest BCUT2D eigenvalue weighted by Gasteiger charge is -2.37. The first-order chi connectivity index (χ1) is 15.8. The van der Waals surface area contributed by atoms with Crippen LogP contribution in [-0.4, -0.2) is 96.0 Å². The second kappa shape index (κ2) is 8.22.